The quantitative estimate of drug-likeness (QED) is 0.560. The lowest BCUT2D eigenvalue weighted by Crippen LogP contribution is -2.22. The van der Waals surface area contributed by atoms with Crippen LogP contribution >= 0.6 is 0 Å². The van der Waals surface area contributed by atoms with E-state index in [1.165, 1.54) is 25.0 Å². The van der Waals surface area contributed by atoms with E-state index in [2.05, 4.69) is 38.9 Å². The maximum Gasteiger partial charge on any atom is 0.00923 e. The minimum Gasteiger partial charge on any atom is -0.381 e. The fourth-order valence-electron chi connectivity index (χ4n) is 1.62. The van der Waals surface area contributed by atoms with Crippen molar-refractivity contribution in [2.75, 3.05) is 14.1 Å². The van der Waals surface area contributed by atoms with Crippen molar-refractivity contribution in [1.29, 1.82) is 0 Å². The van der Waals surface area contributed by atoms with Gasteiger partial charge in [0.15, 0.2) is 0 Å². The number of allylic oxidation sites excluding steroid dienone is 2. The summed E-state index contributed by atoms with van der Waals surface area (Å²) in [7, 11) is 4.26. The molecule has 11 heavy (non-hydrogen) atoms. The van der Waals surface area contributed by atoms with Gasteiger partial charge in [-0.3, -0.25) is 0 Å². The van der Waals surface area contributed by atoms with Crippen molar-refractivity contribution in [2.24, 2.45) is 5.41 Å². The van der Waals surface area contributed by atoms with E-state index in [9.17, 15) is 0 Å². The van der Waals surface area contributed by atoms with Crippen LogP contribution in [0.2, 0.25) is 0 Å². The molecule has 0 unspecified atom stereocenters. The van der Waals surface area contributed by atoms with Crippen LogP contribution in [0.3, 0.4) is 0 Å². The van der Waals surface area contributed by atoms with E-state index in [0.29, 0.717) is 5.41 Å². The van der Waals surface area contributed by atoms with Crippen molar-refractivity contribution in [3.63, 3.8) is 0 Å². The second-order valence-electron chi connectivity index (χ2n) is 4.47. The van der Waals surface area contributed by atoms with Crippen molar-refractivity contribution in [2.45, 2.75) is 33.1 Å². The summed E-state index contributed by atoms with van der Waals surface area (Å²) < 4.78 is 0. The lowest BCUT2D eigenvalue weighted by atomic mass is 9.79. The summed E-state index contributed by atoms with van der Waals surface area (Å²) in [6, 6.07) is 0. The predicted molar refractivity (Wildman–Crippen MR) is 49.4 cm³/mol. The van der Waals surface area contributed by atoms with E-state index < -0.39 is 0 Å². The van der Waals surface area contributed by atoms with Gasteiger partial charge in [-0.15, -0.1) is 0 Å². The van der Waals surface area contributed by atoms with Crippen LogP contribution in [0, 0.1) is 5.41 Å². The van der Waals surface area contributed by atoms with Crippen molar-refractivity contribution in [1.82, 2.24) is 4.90 Å². The minimum absolute atomic E-state index is 0.522. The van der Waals surface area contributed by atoms with E-state index >= 15 is 0 Å². The molecule has 0 aromatic carbocycles. The molecule has 1 rings (SSSR count). The molecule has 0 fully saturated rings. The Hall–Kier alpha value is -0.460. The van der Waals surface area contributed by atoms with Crippen LogP contribution in [-0.2, 0) is 0 Å². The smallest absolute Gasteiger partial charge is 0.00923 e. The van der Waals surface area contributed by atoms with Gasteiger partial charge in [-0.25, -0.2) is 0 Å². The Balaban J connectivity index is 2.63. The van der Waals surface area contributed by atoms with Gasteiger partial charge in [0.1, 0.15) is 0 Å². The third-order valence-corrected chi connectivity index (χ3v) is 2.44. The van der Waals surface area contributed by atoms with E-state index in [0.717, 1.165) is 0 Å². The molecule has 1 aliphatic rings. The van der Waals surface area contributed by atoms with E-state index in [1.807, 2.05) is 0 Å². The van der Waals surface area contributed by atoms with E-state index in [4.69, 9.17) is 0 Å². The van der Waals surface area contributed by atoms with Crippen molar-refractivity contribution >= 4 is 0 Å². The topological polar surface area (TPSA) is 3.24 Å². The molecule has 0 aromatic rings. The highest BCUT2D eigenvalue weighted by molar-refractivity contribution is 5.06. The Morgan fingerprint density at radius 1 is 1.36 bits per heavy atom. The van der Waals surface area contributed by atoms with Crippen molar-refractivity contribution in [3.05, 3.63) is 11.8 Å². The van der Waals surface area contributed by atoms with Crippen LogP contribution in [0.25, 0.3) is 0 Å². The molecule has 1 heteroatoms. The normalized spacial score (nSPS) is 22.7. The second kappa shape index (κ2) is 2.88. The van der Waals surface area contributed by atoms with Gasteiger partial charge in [0.05, 0.1) is 0 Å². The lowest BCUT2D eigenvalue weighted by Gasteiger charge is -2.32. The fraction of sp³-hybridized carbons (Fsp3) is 0.800. The highest BCUT2D eigenvalue weighted by Crippen LogP contribution is 2.35. The first-order valence-electron chi connectivity index (χ1n) is 4.38. The van der Waals surface area contributed by atoms with Crippen LogP contribution in [-0.4, -0.2) is 19.0 Å². The Kier molecular flexibility index (Phi) is 2.26. The molecule has 0 atom stereocenters. The number of hydrogen-bond donors (Lipinski definition) is 0. The summed E-state index contributed by atoms with van der Waals surface area (Å²) in [6.07, 6.45) is 6.19. The largest absolute Gasteiger partial charge is 0.381 e. The zero-order valence-electron chi connectivity index (χ0n) is 8.15. The first-order chi connectivity index (χ1) is 5.01. The Bertz CT molecular complexity index is 166. The average Bonchev–Trinajstić information content (AvgIpc) is 1.85. The molecule has 0 N–H and O–H groups in total. The summed E-state index contributed by atoms with van der Waals surface area (Å²) in [4.78, 5) is 2.24. The Labute approximate surface area is 70.1 Å². The lowest BCUT2D eigenvalue weighted by molar-refractivity contribution is 0.283. The minimum atomic E-state index is 0.522. The van der Waals surface area contributed by atoms with Crippen LogP contribution in [0.1, 0.15) is 33.1 Å². The van der Waals surface area contributed by atoms with Crippen molar-refractivity contribution in [3.8, 4) is 0 Å². The predicted octanol–water partition coefficient (Wildman–Crippen LogP) is 2.64. The van der Waals surface area contributed by atoms with E-state index in [-0.39, 0.29) is 0 Å². The van der Waals surface area contributed by atoms with Gasteiger partial charge < -0.3 is 4.90 Å². The first-order valence-corrected chi connectivity index (χ1v) is 4.38. The van der Waals surface area contributed by atoms with Gasteiger partial charge in [-0.2, -0.15) is 0 Å². The van der Waals surface area contributed by atoms with Gasteiger partial charge in [0.25, 0.3) is 0 Å². The van der Waals surface area contributed by atoms with Gasteiger partial charge in [-0.1, -0.05) is 19.9 Å². The van der Waals surface area contributed by atoms with Gasteiger partial charge in [-0.05, 0) is 24.7 Å². The summed E-state index contributed by atoms with van der Waals surface area (Å²) in [5.41, 5.74) is 2.02. The summed E-state index contributed by atoms with van der Waals surface area (Å²) >= 11 is 0. The molecule has 0 aromatic heterocycles. The number of hydrogen-bond acceptors (Lipinski definition) is 1. The molecule has 64 valence electrons. The average molecular weight is 153 g/mol. The van der Waals surface area contributed by atoms with Crippen LogP contribution in [0.15, 0.2) is 11.8 Å². The zero-order chi connectivity index (χ0) is 8.48. The second-order valence-corrected chi connectivity index (χ2v) is 4.47. The molecule has 0 heterocycles. The van der Waals surface area contributed by atoms with Crippen LogP contribution in [0.4, 0.5) is 0 Å². The zero-order valence-corrected chi connectivity index (χ0v) is 8.15. The molecule has 1 aliphatic carbocycles. The molecule has 0 saturated carbocycles. The van der Waals surface area contributed by atoms with Gasteiger partial charge in [0, 0.05) is 19.8 Å². The SMILES string of the molecule is CN(C)C1=CCCC(C)(C)C1. The Morgan fingerprint density at radius 2 is 2.00 bits per heavy atom. The summed E-state index contributed by atoms with van der Waals surface area (Å²) in [5.74, 6) is 0. The molecule has 0 radical (unpaired) electrons. The third-order valence-electron chi connectivity index (χ3n) is 2.44. The molecular formula is C10H19N. The fourth-order valence-corrected chi connectivity index (χ4v) is 1.62. The molecule has 0 bridgehead atoms. The standard InChI is InChI=1S/C10H19N/c1-10(2)7-5-6-9(8-10)11(3)4/h6H,5,7-8H2,1-4H3. The van der Waals surface area contributed by atoms with E-state index in [1.54, 1.807) is 0 Å². The van der Waals surface area contributed by atoms with Crippen LogP contribution in [0.5, 0.6) is 0 Å². The summed E-state index contributed by atoms with van der Waals surface area (Å²) in [5, 5.41) is 0. The van der Waals surface area contributed by atoms with Crippen LogP contribution < -0.4 is 0 Å². The molecular weight excluding hydrogens is 134 g/mol. The highest BCUT2D eigenvalue weighted by atomic mass is 15.1. The molecule has 0 spiro atoms. The van der Waals surface area contributed by atoms with Gasteiger partial charge in [0.2, 0.25) is 0 Å². The number of rotatable bonds is 1. The molecule has 1 nitrogen and oxygen atoms in total. The number of nitrogens with zero attached hydrogens (tertiary/aromatic N) is 1. The van der Waals surface area contributed by atoms with Gasteiger partial charge >= 0.3 is 0 Å². The molecule has 0 aliphatic heterocycles. The maximum absolute atomic E-state index is 2.37. The molecule has 0 saturated heterocycles. The Morgan fingerprint density at radius 3 is 2.36 bits per heavy atom. The molecule has 0 amide bonds. The first kappa shape index (κ1) is 8.63. The maximum atomic E-state index is 2.37. The highest BCUT2D eigenvalue weighted by Gasteiger charge is 2.23. The van der Waals surface area contributed by atoms with Crippen molar-refractivity contribution < 1.29 is 0 Å². The third kappa shape index (κ3) is 2.25. The summed E-state index contributed by atoms with van der Waals surface area (Å²) in [6.45, 7) is 4.70. The monoisotopic (exact) mass is 153 g/mol.